The molecule has 0 radical (unpaired) electrons. The molecule has 1 N–H and O–H groups in total. The molecule has 1 atom stereocenters. The van der Waals surface area contributed by atoms with Gasteiger partial charge in [0, 0.05) is 12.6 Å². The van der Waals surface area contributed by atoms with E-state index in [-0.39, 0.29) is 12.0 Å². The van der Waals surface area contributed by atoms with E-state index in [2.05, 4.69) is 5.32 Å². The van der Waals surface area contributed by atoms with E-state index in [1.807, 2.05) is 20.8 Å². The molecule has 0 heterocycles. The summed E-state index contributed by atoms with van der Waals surface area (Å²) in [5, 5.41) is 3.09. The van der Waals surface area contributed by atoms with Crippen molar-refractivity contribution < 1.29 is 13.2 Å². The molecule has 0 amide bonds. The van der Waals surface area contributed by atoms with Gasteiger partial charge < -0.3 is 5.32 Å². The number of hydrogen-bond donors (Lipinski definition) is 1. The molecule has 0 aliphatic heterocycles. The molecular weight excluding hydrogens is 205 g/mol. The summed E-state index contributed by atoms with van der Waals surface area (Å²) in [7, 11) is 1.52. The van der Waals surface area contributed by atoms with Crippen LogP contribution in [-0.4, -0.2) is 43.8 Å². The third-order valence-corrected chi connectivity index (χ3v) is 2.37. The van der Waals surface area contributed by atoms with Crippen LogP contribution in [0.15, 0.2) is 0 Å². The number of halogens is 3. The lowest BCUT2D eigenvalue weighted by molar-refractivity contribution is -0.148. The molecule has 0 rings (SSSR count). The van der Waals surface area contributed by atoms with Gasteiger partial charge in [-0.15, -0.1) is 0 Å². The Morgan fingerprint density at radius 3 is 2.13 bits per heavy atom. The zero-order chi connectivity index (χ0) is 12.1. The SMILES string of the molecule is CCNCC(C(C)C)N(C)CC(F)(F)F. The molecule has 92 valence electrons. The van der Waals surface area contributed by atoms with Crippen LogP contribution in [0.25, 0.3) is 0 Å². The lowest BCUT2D eigenvalue weighted by Gasteiger charge is -2.31. The standard InChI is InChI=1S/C10H21F3N2/c1-5-14-6-9(8(2)3)15(4)7-10(11,12)13/h8-9,14H,5-7H2,1-4H3. The topological polar surface area (TPSA) is 15.3 Å². The van der Waals surface area contributed by atoms with Gasteiger partial charge in [0.15, 0.2) is 0 Å². The molecular formula is C10H21F3N2. The molecule has 2 nitrogen and oxygen atoms in total. The van der Waals surface area contributed by atoms with E-state index in [4.69, 9.17) is 0 Å². The summed E-state index contributed by atoms with van der Waals surface area (Å²) in [6.07, 6.45) is -4.12. The number of nitrogens with zero attached hydrogens (tertiary/aromatic N) is 1. The van der Waals surface area contributed by atoms with Crippen molar-refractivity contribution >= 4 is 0 Å². The molecule has 0 aliphatic carbocycles. The lowest BCUT2D eigenvalue weighted by Crippen LogP contribution is -2.47. The van der Waals surface area contributed by atoms with Gasteiger partial charge in [-0.3, -0.25) is 4.90 Å². The summed E-state index contributed by atoms with van der Waals surface area (Å²) in [4.78, 5) is 1.37. The fourth-order valence-corrected chi connectivity index (χ4v) is 1.59. The fraction of sp³-hybridized carbons (Fsp3) is 1.00. The monoisotopic (exact) mass is 226 g/mol. The third-order valence-electron chi connectivity index (χ3n) is 2.37. The van der Waals surface area contributed by atoms with Crippen molar-refractivity contribution in [1.29, 1.82) is 0 Å². The van der Waals surface area contributed by atoms with E-state index in [1.54, 1.807) is 0 Å². The predicted octanol–water partition coefficient (Wildman–Crippen LogP) is 2.11. The van der Waals surface area contributed by atoms with Gasteiger partial charge in [-0.05, 0) is 19.5 Å². The lowest BCUT2D eigenvalue weighted by atomic mass is 10.0. The van der Waals surface area contributed by atoms with Crippen LogP contribution in [0, 0.1) is 5.92 Å². The first-order chi connectivity index (χ1) is 6.78. The van der Waals surface area contributed by atoms with Gasteiger partial charge in [-0.25, -0.2) is 0 Å². The minimum absolute atomic E-state index is 0.0772. The molecule has 0 aromatic rings. The highest BCUT2D eigenvalue weighted by molar-refractivity contribution is 4.76. The largest absolute Gasteiger partial charge is 0.401 e. The van der Waals surface area contributed by atoms with Gasteiger partial charge >= 0.3 is 6.18 Å². The fourth-order valence-electron chi connectivity index (χ4n) is 1.59. The summed E-state index contributed by atoms with van der Waals surface area (Å²) in [6, 6.07) is -0.0772. The minimum Gasteiger partial charge on any atom is -0.315 e. The number of alkyl halides is 3. The Balaban J connectivity index is 4.22. The second kappa shape index (κ2) is 6.33. The van der Waals surface area contributed by atoms with Crippen LogP contribution in [0.5, 0.6) is 0 Å². The first-order valence-corrected chi connectivity index (χ1v) is 5.25. The molecule has 0 bridgehead atoms. The highest BCUT2D eigenvalue weighted by atomic mass is 19.4. The Labute approximate surface area is 89.8 Å². The van der Waals surface area contributed by atoms with Gasteiger partial charge in [-0.1, -0.05) is 20.8 Å². The third kappa shape index (κ3) is 6.73. The maximum Gasteiger partial charge on any atom is 0.401 e. The first kappa shape index (κ1) is 14.7. The van der Waals surface area contributed by atoms with Crippen molar-refractivity contribution in [3.8, 4) is 0 Å². The maximum absolute atomic E-state index is 12.2. The highest BCUT2D eigenvalue weighted by Crippen LogP contribution is 2.19. The van der Waals surface area contributed by atoms with Crippen LogP contribution in [0.1, 0.15) is 20.8 Å². The summed E-state index contributed by atoms with van der Waals surface area (Å²) < 4.78 is 36.6. The normalized spacial score (nSPS) is 15.0. The van der Waals surface area contributed by atoms with Crippen LogP contribution in [0.2, 0.25) is 0 Å². The molecule has 0 aromatic carbocycles. The van der Waals surface area contributed by atoms with Crippen LogP contribution in [0.3, 0.4) is 0 Å². The molecule has 0 fully saturated rings. The van der Waals surface area contributed by atoms with Crippen LogP contribution < -0.4 is 5.32 Å². The van der Waals surface area contributed by atoms with Gasteiger partial charge in [0.05, 0.1) is 6.54 Å². The molecule has 0 saturated heterocycles. The van der Waals surface area contributed by atoms with E-state index in [1.165, 1.54) is 11.9 Å². The number of hydrogen-bond acceptors (Lipinski definition) is 2. The smallest absolute Gasteiger partial charge is 0.315 e. The quantitative estimate of drug-likeness (QED) is 0.746. The Bertz CT molecular complexity index is 169. The van der Waals surface area contributed by atoms with E-state index in [0.717, 1.165) is 6.54 Å². The first-order valence-electron chi connectivity index (χ1n) is 5.25. The van der Waals surface area contributed by atoms with Crippen molar-refractivity contribution in [2.75, 3.05) is 26.7 Å². The Hall–Kier alpha value is -0.290. The minimum atomic E-state index is -4.12. The number of likely N-dealkylation sites (N-methyl/N-ethyl adjacent to an activating group) is 2. The van der Waals surface area contributed by atoms with Crippen LogP contribution in [-0.2, 0) is 0 Å². The van der Waals surface area contributed by atoms with Gasteiger partial charge in [0.25, 0.3) is 0 Å². The van der Waals surface area contributed by atoms with Crippen molar-refractivity contribution in [2.24, 2.45) is 5.92 Å². The van der Waals surface area contributed by atoms with Gasteiger partial charge in [0.1, 0.15) is 0 Å². The summed E-state index contributed by atoms with van der Waals surface area (Å²) in [6.45, 7) is 6.36. The second-order valence-corrected chi connectivity index (χ2v) is 4.15. The zero-order valence-corrected chi connectivity index (χ0v) is 9.86. The molecule has 0 saturated carbocycles. The molecule has 5 heteroatoms. The average molecular weight is 226 g/mol. The molecule has 0 aromatic heterocycles. The molecule has 15 heavy (non-hydrogen) atoms. The number of rotatable bonds is 6. The molecule has 0 aliphatic rings. The van der Waals surface area contributed by atoms with E-state index in [0.29, 0.717) is 6.54 Å². The highest BCUT2D eigenvalue weighted by Gasteiger charge is 2.32. The van der Waals surface area contributed by atoms with Crippen molar-refractivity contribution in [1.82, 2.24) is 10.2 Å². The Morgan fingerprint density at radius 1 is 1.27 bits per heavy atom. The number of nitrogens with one attached hydrogen (secondary N) is 1. The van der Waals surface area contributed by atoms with Crippen LogP contribution >= 0.6 is 0 Å². The van der Waals surface area contributed by atoms with Crippen LogP contribution in [0.4, 0.5) is 13.2 Å². The zero-order valence-electron chi connectivity index (χ0n) is 9.86. The van der Waals surface area contributed by atoms with Gasteiger partial charge in [-0.2, -0.15) is 13.2 Å². The van der Waals surface area contributed by atoms with E-state index >= 15 is 0 Å². The molecule has 1 unspecified atom stereocenters. The van der Waals surface area contributed by atoms with Crippen molar-refractivity contribution in [2.45, 2.75) is 33.0 Å². The van der Waals surface area contributed by atoms with E-state index < -0.39 is 12.7 Å². The van der Waals surface area contributed by atoms with Crippen molar-refractivity contribution in [3.05, 3.63) is 0 Å². The Kier molecular flexibility index (Phi) is 6.20. The predicted molar refractivity (Wildman–Crippen MR) is 55.9 cm³/mol. The summed E-state index contributed by atoms with van der Waals surface area (Å²) >= 11 is 0. The summed E-state index contributed by atoms with van der Waals surface area (Å²) in [5.74, 6) is 0.205. The Morgan fingerprint density at radius 2 is 1.80 bits per heavy atom. The van der Waals surface area contributed by atoms with Crippen molar-refractivity contribution in [3.63, 3.8) is 0 Å². The van der Waals surface area contributed by atoms with Gasteiger partial charge in [0.2, 0.25) is 0 Å². The summed E-state index contributed by atoms with van der Waals surface area (Å²) in [5.41, 5.74) is 0. The molecule has 0 spiro atoms. The van der Waals surface area contributed by atoms with E-state index in [9.17, 15) is 13.2 Å². The maximum atomic E-state index is 12.2. The average Bonchev–Trinajstić information content (AvgIpc) is 2.00. The second-order valence-electron chi connectivity index (χ2n) is 4.15.